The van der Waals surface area contributed by atoms with E-state index >= 15 is 0 Å². The van der Waals surface area contributed by atoms with Crippen molar-refractivity contribution in [2.45, 2.75) is 56.8 Å². The number of carbonyl (C=O) groups is 1. The van der Waals surface area contributed by atoms with E-state index in [4.69, 9.17) is 4.74 Å². The minimum Gasteiger partial charge on any atom is -0.376 e. The first-order chi connectivity index (χ1) is 13.1. The molecule has 2 heterocycles. The molecule has 1 unspecified atom stereocenters. The van der Waals surface area contributed by atoms with Gasteiger partial charge in [-0.2, -0.15) is 0 Å². The summed E-state index contributed by atoms with van der Waals surface area (Å²) in [7, 11) is 0. The van der Waals surface area contributed by atoms with Crippen LogP contribution in [-0.4, -0.2) is 51.1 Å². The molecule has 1 fully saturated rings. The molecule has 1 saturated heterocycles. The van der Waals surface area contributed by atoms with Gasteiger partial charge in [-0.15, -0.1) is 5.10 Å². The molecule has 146 valence electrons. The van der Waals surface area contributed by atoms with Gasteiger partial charge in [0.2, 0.25) is 11.1 Å². The third-order valence-electron chi connectivity index (χ3n) is 4.61. The Hall–Kier alpha value is -1.93. The maximum atomic E-state index is 12.1. The van der Waals surface area contributed by atoms with Crippen LogP contribution >= 0.6 is 11.8 Å². The van der Waals surface area contributed by atoms with Gasteiger partial charge in [0.05, 0.1) is 18.4 Å². The lowest BCUT2D eigenvalue weighted by Gasteiger charge is -2.10. The zero-order valence-electron chi connectivity index (χ0n) is 15.9. The summed E-state index contributed by atoms with van der Waals surface area (Å²) in [5, 5.41) is 15.3. The van der Waals surface area contributed by atoms with Gasteiger partial charge in [0.15, 0.2) is 0 Å². The highest BCUT2D eigenvalue weighted by atomic mass is 32.2. The van der Waals surface area contributed by atoms with E-state index in [1.54, 1.807) is 4.68 Å². The van der Waals surface area contributed by atoms with E-state index in [0.29, 0.717) is 29.9 Å². The number of thioether (sulfide) groups is 1. The fraction of sp³-hybridized carbons (Fsp3) is 0.579. The monoisotopic (exact) mass is 389 g/mol. The molecule has 1 aliphatic rings. The quantitative estimate of drug-likeness (QED) is 0.664. The van der Waals surface area contributed by atoms with Crippen molar-refractivity contribution in [3.63, 3.8) is 0 Å². The topological polar surface area (TPSA) is 81.9 Å². The molecule has 3 rings (SSSR count). The third-order valence-corrected chi connectivity index (χ3v) is 5.57. The molecule has 0 aliphatic carbocycles. The predicted octanol–water partition coefficient (Wildman–Crippen LogP) is 2.43. The molecule has 7 nitrogen and oxygen atoms in total. The molecule has 1 atom stereocenters. The molecule has 1 amide bonds. The summed E-state index contributed by atoms with van der Waals surface area (Å²) in [6, 6.07) is 8.59. The first-order valence-corrected chi connectivity index (χ1v) is 10.5. The molecule has 1 N–H and O–H groups in total. The van der Waals surface area contributed by atoms with Crippen LogP contribution in [-0.2, 0) is 22.5 Å². The van der Waals surface area contributed by atoms with Crippen LogP contribution < -0.4 is 5.32 Å². The average molecular weight is 390 g/mol. The van der Waals surface area contributed by atoms with Crippen molar-refractivity contribution in [1.82, 2.24) is 25.5 Å². The van der Waals surface area contributed by atoms with Gasteiger partial charge in [0.1, 0.15) is 0 Å². The Morgan fingerprint density at radius 1 is 1.37 bits per heavy atom. The van der Waals surface area contributed by atoms with Gasteiger partial charge >= 0.3 is 0 Å². The minimum atomic E-state index is -0.00883. The Balaban J connectivity index is 1.38. The Morgan fingerprint density at radius 2 is 2.19 bits per heavy atom. The van der Waals surface area contributed by atoms with Crippen LogP contribution in [0.25, 0.3) is 0 Å². The standard InChI is InChI=1S/C19H27N5O2S/c1-14(2)16-7-5-15(6-8-16)9-10-20-18(25)13-27-19-21-22-23-24(19)12-17-4-3-11-26-17/h5-8,14,17H,3-4,9-13H2,1-2H3,(H,20,25). The van der Waals surface area contributed by atoms with E-state index in [1.165, 1.54) is 22.9 Å². The van der Waals surface area contributed by atoms with Crippen LogP contribution in [0.3, 0.4) is 0 Å². The summed E-state index contributed by atoms with van der Waals surface area (Å²) >= 11 is 1.36. The van der Waals surface area contributed by atoms with E-state index < -0.39 is 0 Å². The lowest BCUT2D eigenvalue weighted by atomic mass is 10.0. The second-order valence-corrected chi connectivity index (χ2v) is 8.01. The number of amides is 1. The molecule has 0 saturated carbocycles. The van der Waals surface area contributed by atoms with Crippen LogP contribution in [0.1, 0.15) is 43.7 Å². The molecular formula is C19H27N5O2S. The Kier molecular flexibility index (Phi) is 7.23. The zero-order valence-corrected chi connectivity index (χ0v) is 16.7. The molecule has 0 bridgehead atoms. The highest BCUT2D eigenvalue weighted by molar-refractivity contribution is 7.99. The van der Waals surface area contributed by atoms with Crippen LogP contribution in [0.15, 0.2) is 29.4 Å². The summed E-state index contributed by atoms with van der Waals surface area (Å²) in [6.45, 7) is 6.44. The summed E-state index contributed by atoms with van der Waals surface area (Å²) in [6.07, 6.45) is 3.11. The number of ether oxygens (including phenoxy) is 1. The maximum Gasteiger partial charge on any atom is 0.230 e. The van der Waals surface area contributed by atoms with Crippen molar-refractivity contribution in [1.29, 1.82) is 0 Å². The third kappa shape index (κ3) is 6.04. The fourth-order valence-electron chi connectivity index (χ4n) is 2.99. The number of benzene rings is 1. The van der Waals surface area contributed by atoms with Crippen LogP contribution in [0.5, 0.6) is 0 Å². The molecule has 1 aliphatic heterocycles. The maximum absolute atomic E-state index is 12.1. The molecular weight excluding hydrogens is 362 g/mol. The van der Waals surface area contributed by atoms with Crippen LogP contribution in [0.2, 0.25) is 0 Å². The second-order valence-electron chi connectivity index (χ2n) is 7.06. The average Bonchev–Trinajstić information content (AvgIpc) is 3.33. The van der Waals surface area contributed by atoms with Gasteiger partial charge in [0, 0.05) is 13.2 Å². The summed E-state index contributed by atoms with van der Waals surface area (Å²) in [5.41, 5.74) is 2.56. The molecule has 2 aromatic rings. The number of carbonyl (C=O) groups excluding carboxylic acids is 1. The number of hydrogen-bond acceptors (Lipinski definition) is 6. The molecule has 8 heteroatoms. The zero-order chi connectivity index (χ0) is 19.1. The summed E-state index contributed by atoms with van der Waals surface area (Å²) < 4.78 is 7.34. The van der Waals surface area contributed by atoms with E-state index in [1.807, 2.05) is 0 Å². The molecule has 1 aromatic heterocycles. The fourth-order valence-corrected chi connectivity index (χ4v) is 3.71. The number of rotatable bonds is 9. The minimum absolute atomic E-state index is 0.00883. The number of aromatic nitrogens is 4. The van der Waals surface area contributed by atoms with Gasteiger partial charge in [0.25, 0.3) is 0 Å². The lowest BCUT2D eigenvalue weighted by Crippen LogP contribution is -2.27. The van der Waals surface area contributed by atoms with Gasteiger partial charge in [-0.1, -0.05) is 49.9 Å². The first kappa shape index (κ1) is 19.8. The van der Waals surface area contributed by atoms with E-state index in [9.17, 15) is 4.79 Å². The Labute approximate surface area is 164 Å². The van der Waals surface area contributed by atoms with Gasteiger partial charge < -0.3 is 10.1 Å². The smallest absolute Gasteiger partial charge is 0.230 e. The normalized spacial score (nSPS) is 16.8. The van der Waals surface area contributed by atoms with E-state index in [2.05, 4.69) is 59.0 Å². The highest BCUT2D eigenvalue weighted by Gasteiger charge is 2.19. The van der Waals surface area contributed by atoms with Crippen molar-refractivity contribution >= 4 is 17.7 Å². The number of nitrogens with one attached hydrogen (secondary N) is 1. The number of nitrogens with zero attached hydrogens (tertiary/aromatic N) is 4. The van der Waals surface area contributed by atoms with Crippen molar-refractivity contribution in [3.05, 3.63) is 35.4 Å². The highest BCUT2D eigenvalue weighted by Crippen LogP contribution is 2.18. The Morgan fingerprint density at radius 3 is 2.89 bits per heavy atom. The van der Waals surface area contributed by atoms with E-state index in [0.717, 1.165) is 25.9 Å². The molecule has 0 radical (unpaired) electrons. The van der Waals surface area contributed by atoms with E-state index in [-0.39, 0.29) is 12.0 Å². The molecule has 0 spiro atoms. The summed E-state index contributed by atoms with van der Waals surface area (Å²) in [5.74, 6) is 0.830. The predicted molar refractivity (Wildman–Crippen MR) is 105 cm³/mol. The molecule has 27 heavy (non-hydrogen) atoms. The second kappa shape index (κ2) is 9.85. The van der Waals surface area contributed by atoms with Gasteiger partial charge in [-0.25, -0.2) is 4.68 Å². The largest absolute Gasteiger partial charge is 0.376 e. The SMILES string of the molecule is CC(C)c1ccc(CCNC(=O)CSc2nnnn2CC2CCCO2)cc1. The number of tetrazole rings is 1. The van der Waals surface area contributed by atoms with Crippen molar-refractivity contribution in [2.24, 2.45) is 0 Å². The van der Waals surface area contributed by atoms with Gasteiger partial charge in [-0.05, 0) is 46.7 Å². The van der Waals surface area contributed by atoms with Crippen molar-refractivity contribution in [2.75, 3.05) is 18.9 Å². The Bertz CT molecular complexity index is 726. The van der Waals surface area contributed by atoms with Crippen molar-refractivity contribution < 1.29 is 9.53 Å². The van der Waals surface area contributed by atoms with Crippen LogP contribution in [0, 0.1) is 0 Å². The first-order valence-electron chi connectivity index (χ1n) is 9.48. The number of hydrogen-bond donors (Lipinski definition) is 1. The molecule has 1 aromatic carbocycles. The summed E-state index contributed by atoms with van der Waals surface area (Å²) in [4.78, 5) is 12.1. The van der Waals surface area contributed by atoms with Crippen molar-refractivity contribution in [3.8, 4) is 0 Å². The lowest BCUT2D eigenvalue weighted by molar-refractivity contribution is -0.118. The van der Waals surface area contributed by atoms with Crippen LogP contribution in [0.4, 0.5) is 0 Å². The van der Waals surface area contributed by atoms with Gasteiger partial charge in [-0.3, -0.25) is 4.79 Å².